The van der Waals surface area contributed by atoms with E-state index in [1.165, 1.54) is 24.4 Å². The third-order valence-electron chi connectivity index (χ3n) is 2.45. The maximum atomic E-state index is 11.5. The van der Waals surface area contributed by atoms with Crippen molar-refractivity contribution in [2.75, 3.05) is 0 Å². The second kappa shape index (κ2) is 5.97. The summed E-state index contributed by atoms with van der Waals surface area (Å²) in [5.41, 5.74) is 0.678. The van der Waals surface area contributed by atoms with E-state index in [-0.39, 0.29) is 22.3 Å². The van der Waals surface area contributed by atoms with Gasteiger partial charge in [0.05, 0.1) is 5.02 Å². The van der Waals surface area contributed by atoms with Gasteiger partial charge in [-0.15, -0.1) is 0 Å². The van der Waals surface area contributed by atoms with Gasteiger partial charge >= 0.3 is 0 Å². The third-order valence-corrected chi connectivity index (χ3v) is 3.96. The van der Waals surface area contributed by atoms with Crippen molar-refractivity contribution in [3.8, 4) is 5.75 Å². The number of rotatable bonds is 4. The molecule has 0 aliphatic heterocycles. The molecule has 2 aromatic rings. The predicted molar refractivity (Wildman–Crippen MR) is 76.4 cm³/mol. The lowest BCUT2D eigenvalue weighted by molar-refractivity contribution is 0.298. The maximum absolute atomic E-state index is 11.5. The van der Waals surface area contributed by atoms with E-state index in [4.69, 9.17) is 33.1 Å². The molecule has 1 aromatic heterocycles. The van der Waals surface area contributed by atoms with Crippen LogP contribution in [0.2, 0.25) is 10.0 Å². The van der Waals surface area contributed by atoms with E-state index >= 15 is 0 Å². The first-order chi connectivity index (χ1) is 9.38. The van der Waals surface area contributed by atoms with Crippen molar-refractivity contribution in [2.45, 2.75) is 11.5 Å². The van der Waals surface area contributed by atoms with Crippen LogP contribution in [0.15, 0.2) is 41.6 Å². The average Bonchev–Trinajstić information content (AvgIpc) is 2.38. The van der Waals surface area contributed by atoms with Gasteiger partial charge in [0.1, 0.15) is 17.3 Å². The zero-order valence-corrected chi connectivity index (χ0v) is 12.4. The topological polar surface area (TPSA) is 82.3 Å². The van der Waals surface area contributed by atoms with Gasteiger partial charge in [0.25, 0.3) is 0 Å². The lowest BCUT2D eigenvalue weighted by atomic mass is 10.3. The van der Waals surface area contributed by atoms with Crippen molar-refractivity contribution in [3.63, 3.8) is 0 Å². The average molecular weight is 333 g/mol. The van der Waals surface area contributed by atoms with E-state index < -0.39 is 10.0 Å². The minimum absolute atomic E-state index is 0.0888. The monoisotopic (exact) mass is 332 g/mol. The van der Waals surface area contributed by atoms with Crippen LogP contribution in [0.5, 0.6) is 5.75 Å². The Kier molecular flexibility index (Phi) is 4.49. The number of sulfonamides is 1. The van der Waals surface area contributed by atoms with Crippen molar-refractivity contribution in [1.29, 1.82) is 0 Å². The number of ether oxygens (including phenoxy) is 1. The molecule has 0 radical (unpaired) electrons. The fourth-order valence-electron chi connectivity index (χ4n) is 1.50. The van der Waals surface area contributed by atoms with E-state index in [9.17, 15) is 8.42 Å². The van der Waals surface area contributed by atoms with E-state index in [1.807, 2.05) is 0 Å². The van der Waals surface area contributed by atoms with Gasteiger partial charge in [-0.3, -0.25) is 4.98 Å². The standard InChI is InChI=1S/C12H10Cl2N2O3S/c13-9-1-2-11(12(5-9)20(15,17)18)19-7-8-3-4-16-6-10(8)14/h1-6H,7H2,(H2,15,17,18). The van der Waals surface area contributed by atoms with Crippen LogP contribution in [0.4, 0.5) is 0 Å². The number of nitrogens with two attached hydrogens (primary N) is 1. The number of primary sulfonamides is 1. The number of benzene rings is 1. The molecule has 0 saturated heterocycles. The molecule has 0 atom stereocenters. The van der Waals surface area contributed by atoms with Gasteiger partial charge in [-0.1, -0.05) is 23.2 Å². The fraction of sp³-hybridized carbons (Fsp3) is 0.0833. The van der Waals surface area contributed by atoms with Crippen LogP contribution in [0.25, 0.3) is 0 Å². The summed E-state index contributed by atoms with van der Waals surface area (Å²) in [6, 6.07) is 5.87. The molecular formula is C12H10Cl2N2O3S. The minimum atomic E-state index is -3.93. The number of hydrogen-bond acceptors (Lipinski definition) is 4. The van der Waals surface area contributed by atoms with E-state index in [1.54, 1.807) is 12.3 Å². The summed E-state index contributed by atoms with van der Waals surface area (Å²) in [5, 5.41) is 5.81. The predicted octanol–water partition coefficient (Wildman–Crippen LogP) is 2.61. The van der Waals surface area contributed by atoms with E-state index in [0.29, 0.717) is 10.6 Å². The SMILES string of the molecule is NS(=O)(=O)c1cc(Cl)ccc1OCc1ccncc1Cl. The summed E-state index contributed by atoms with van der Waals surface area (Å²) in [7, 11) is -3.93. The Morgan fingerprint density at radius 2 is 2.00 bits per heavy atom. The van der Waals surface area contributed by atoms with Crippen molar-refractivity contribution in [3.05, 3.63) is 52.3 Å². The highest BCUT2D eigenvalue weighted by molar-refractivity contribution is 7.89. The Bertz CT molecular complexity index is 735. The van der Waals surface area contributed by atoms with Crippen molar-refractivity contribution >= 4 is 33.2 Å². The van der Waals surface area contributed by atoms with Crippen LogP contribution in [0.3, 0.4) is 0 Å². The molecule has 0 fully saturated rings. The lowest BCUT2D eigenvalue weighted by Gasteiger charge is -2.11. The highest BCUT2D eigenvalue weighted by Gasteiger charge is 2.16. The van der Waals surface area contributed by atoms with Gasteiger partial charge in [-0.2, -0.15) is 0 Å². The molecule has 2 rings (SSSR count). The summed E-state index contributed by atoms with van der Waals surface area (Å²) in [6.45, 7) is 0.0888. The van der Waals surface area contributed by atoms with Crippen molar-refractivity contribution in [1.82, 2.24) is 4.98 Å². The Balaban J connectivity index is 2.29. The normalized spacial score (nSPS) is 11.3. The molecule has 20 heavy (non-hydrogen) atoms. The molecule has 106 valence electrons. The van der Waals surface area contributed by atoms with Gasteiger partial charge in [-0.25, -0.2) is 13.6 Å². The summed E-state index contributed by atoms with van der Waals surface area (Å²) in [5.74, 6) is 0.116. The fourth-order valence-corrected chi connectivity index (χ4v) is 2.61. The molecule has 0 aliphatic rings. The molecule has 1 heterocycles. The van der Waals surface area contributed by atoms with E-state index in [0.717, 1.165) is 0 Å². The number of nitrogens with zero attached hydrogens (tertiary/aromatic N) is 1. The Morgan fingerprint density at radius 1 is 1.25 bits per heavy atom. The molecule has 1 aromatic carbocycles. The summed E-state index contributed by atoms with van der Waals surface area (Å²) in [4.78, 5) is 3.68. The largest absolute Gasteiger partial charge is 0.487 e. The number of aromatic nitrogens is 1. The van der Waals surface area contributed by atoms with Crippen LogP contribution < -0.4 is 9.88 Å². The quantitative estimate of drug-likeness (QED) is 0.932. The summed E-state index contributed by atoms with van der Waals surface area (Å²) >= 11 is 11.7. The Labute approximate surface area is 126 Å². The second-order valence-electron chi connectivity index (χ2n) is 3.89. The zero-order chi connectivity index (χ0) is 14.8. The number of hydrogen-bond donors (Lipinski definition) is 1. The lowest BCUT2D eigenvalue weighted by Crippen LogP contribution is -2.14. The first-order valence-electron chi connectivity index (χ1n) is 5.41. The molecule has 2 N–H and O–H groups in total. The van der Waals surface area contributed by atoms with Crippen LogP contribution >= 0.6 is 23.2 Å². The molecule has 5 nitrogen and oxygen atoms in total. The minimum Gasteiger partial charge on any atom is -0.487 e. The first-order valence-corrected chi connectivity index (χ1v) is 7.71. The van der Waals surface area contributed by atoms with Crippen LogP contribution in [0.1, 0.15) is 5.56 Å². The summed E-state index contributed by atoms with van der Waals surface area (Å²) < 4.78 is 28.4. The highest BCUT2D eigenvalue weighted by Crippen LogP contribution is 2.27. The number of halogens is 2. The smallest absolute Gasteiger partial charge is 0.241 e. The van der Waals surface area contributed by atoms with Crippen LogP contribution in [0, 0.1) is 0 Å². The van der Waals surface area contributed by atoms with Gasteiger partial charge < -0.3 is 4.74 Å². The van der Waals surface area contributed by atoms with Crippen LogP contribution in [-0.2, 0) is 16.6 Å². The first kappa shape index (κ1) is 15.1. The van der Waals surface area contributed by atoms with Gasteiger partial charge in [0.15, 0.2) is 0 Å². The summed E-state index contributed by atoms with van der Waals surface area (Å²) in [6.07, 6.45) is 3.04. The molecule has 0 saturated carbocycles. The Hall–Kier alpha value is -1.34. The van der Waals surface area contributed by atoms with E-state index in [2.05, 4.69) is 4.98 Å². The zero-order valence-electron chi connectivity index (χ0n) is 10.1. The van der Waals surface area contributed by atoms with Crippen molar-refractivity contribution < 1.29 is 13.2 Å². The van der Waals surface area contributed by atoms with Crippen molar-refractivity contribution in [2.24, 2.45) is 5.14 Å². The van der Waals surface area contributed by atoms with Gasteiger partial charge in [0.2, 0.25) is 10.0 Å². The molecule has 0 amide bonds. The molecule has 0 bridgehead atoms. The molecule has 0 unspecified atom stereocenters. The molecule has 8 heteroatoms. The molecule has 0 spiro atoms. The van der Waals surface area contributed by atoms with Crippen LogP contribution in [-0.4, -0.2) is 13.4 Å². The number of pyridine rings is 1. The maximum Gasteiger partial charge on any atom is 0.241 e. The Morgan fingerprint density at radius 3 is 2.65 bits per heavy atom. The second-order valence-corrected chi connectivity index (χ2v) is 6.27. The third kappa shape index (κ3) is 3.61. The van der Waals surface area contributed by atoms with Gasteiger partial charge in [0, 0.05) is 23.0 Å². The highest BCUT2D eigenvalue weighted by atomic mass is 35.5. The molecule has 0 aliphatic carbocycles. The van der Waals surface area contributed by atoms with Gasteiger partial charge in [-0.05, 0) is 24.3 Å². The molecular weight excluding hydrogens is 323 g/mol.